The SMILES string of the molecule is Cc1cccc(Cn2cc(CNCc3ccccc3Cl)c3ccccc32)c1. The van der Waals surface area contributed by atoms with Crippen molar-refractivity contribution in [2.75, 3.05) is 0 Å². The molecule has 27 heavy (non-hydrogen) atoms. The van der Waals surface area contributed by atoms with Gasteiger partial charge in [-0.05, 0) is 35.7 Å². The quantitative estimate of drug-likeness (QED) is 0.441. The molecule has 0 fully saturated rings. The molecular formula is C24H23ClN2. The van der Waals surface area contributed by atoms with E-state index in [0.29, 0.717) is 0 Å². The summed E-state index contributed by atoms with van der Waals surface area (Å²) in [7, 11) is 0. The minimum absolute atomic E-state index is 0.761. The maximum absolute atomic E-state index is 6.26. The lowest BCUT2D eigenvalue weighted by atomic mass is 10.1. The minimum atomic E-state index is 0.761. The predicted molar refractivity (Wildman–Crippen MR) is 114 cm³/mol. The van der Waals surface area contributed by atoms with E-state index < -0.39 is 0 Å². The highest BCUT2D eigenvalue weighted by Gasteiger charge is 2.09. The second kappa shape index (κ2) is 7.99. The van der Waals surface area contributed by atoms with Gasteiger partial charge in [0, 0.05) is 41.8 Å². The summed E-state index contributed by atoms with van der Waals surface area (Å²) in [6, 6.07) is 25.3. The molecule has 136 valence electrons. The van der Waals surface area contributed by atoms with E-state index in [0.717, 1.165) is 30.2 Å². The fourth-order valence-corrected chi connectivity index (χ4v) is 3.78. The van der Waals surface area contributed by atoms with Crippen molar-refractivity contribution in [3.05, 3.63) is 106 Å². The Balaban J connectivity index is 1.55. The number of hydrogen-bond donors (Lipinski definition) is 1. The fourth-order valence-electron chi connectivity index (χ4n) is 3.58. The molecule has 0 unspecified atom stereocenters. The van der Waals surface area contributed by atoms with E-state index >= 15 is 0 Å². The van der Waals surface area contributed by atoms with Crippen molar-refractivity contribution >= 4 is 22.5 Å². The van der Waals surface area contributed by atoms with Crippen LogP contribution in [-0.4, -0.2) is 4.57 Å². The highest BCUT2D eigenvalue weighted by atomic mass is 35.5. The average Bonchev–Trinajstić information content (AvgIpc) is 3.01. The summed E-state index contributed by atoms with van der Waals surface area (Å²) in [6.07, 6.45) is 2.27. The largest absolute Gasteiger partial charge is 0.343 e. The third kappa shape index (κ3) is 4.08. The average molecular weight is 375 g/mol. The maximum atomic E-state index is 6.26. The summed E-state index contributed by atoms with van der Waals surface area (Å²) in [4.78, 5) is 0. The van der Waals surface area contributed by atoms with E-state index in [-0.39, 0.29) is 0 Å². The molecule has 0 aliphatic heterocycles. The van der Waals surface area contributed by atoms with Crippen LogP contribution in [0.25, 0.3) is 10.9 Å². The Kier molecular flexibility index (Phi) is 5.28. The van der Waals surface area contributed by atoms with Gasteiger partial charge in [-0.2, -0.15) is 0 Å². The fraction of sp³-hybridized carbons (Fsp3) is 0.167. The Labute approximate surface area is 165 Å². The zero-order valence-corrected chi connectivity index (χ0v) is 16.2. The zero-order chi connectivity index (χ0) is 18.6. The minimum Gasteiger partial charge on any atom is -0.343 e. The van der Waals surface area contributed by atoms with Gasteiger partial charge in [-0.1, -0.05) is 77.8 Å². The number of para-hydroxylation sites is 1. The zero-order valence-electron chi connectivity index (χ0n) is 15.5. The molecule has 0 radical (unpaired) electrons. The van der Waals surface area contributed by atoms with Crippen LogP contribution in [0, 0.1) is 6.92 Å². The van der Waals surface area contributed by atoms with Crippen LogP contribution < -0.4 is 5.32 Å². The van der Waals surface area contributed by atoms with Crippen LogP contribution in [0.1, 0.15) is 22.3 Å². The number of halogens is 1. The lowest BCUT2D eigenvalue weighted by Gasteiger charge is -2.06. The summed E-state index contributed by atoms with van der Waals surface area (Å²) in [5.74, 6) is 0. The molecule has 0 atom stereocenters. The summed E-state index contributed by atoms with van der Waals surface area (Å²) < 4.78 is 2.34. The highest BCUT2D eigenvalue weighted by Crippen LogP contribution is 2.23. The van der Waals surface area contributed by atoms with Gasteiger partial charge < -0.3 is 9.88 Å². The van der Waals surface area contributed by atoms with E-state index in [1.54, 1.807) is 0 Å². The van der Waals surface area contributed by atoms with Crippen molar-refractivity contribution in [3.8, 4) is 0 Å². The van der Waals surface area contributed by atoms with Gasteiger partial charge in [-0.3, -0.25) is 0 Å². The Morgan fingerprint density at radius 3 is 2.48 bits per heavy atom. The van der Waals surface area contributed by atoms with Crippen molar-refractivity contribution in [2.45, 2.75) is 26.6 Å². The first-order chi connectivity index (χ1) is 13.2. The Hall–Kier alpha value is -2.55. The first-order valence-electron chi connectivity index (χ1n) is 9.27. The molecule has 0 amide bonds. The van der Waals surface area contributed by atoms with Crippen LogP contribution in [0.3, 0.4) is 0 Å². The van der Waals surface area contributed by atoms with Crippen LogP contribution in [-0.2, 0) is 19.6 Å². The standard InChI is InChI=1S/C24H23ClN2/c1-18-7-6-8-19(13-18)16-27-17-21(22-10-3-5-12-24(22)27)15-26-14-20-9-2-4-11-23(20)25/h2-13,17,26H,14-16H2,1H3. The highest BCUT2D eigenvalue weighted by molar-refractivity contribution is 6.31. The van der Waals surface area contributed by atoms with E-state index in [1.165, 1.54) is 27.6 Å². The third-order valence-electron chi connectivity index (χ3n) is 4.90. The first-order valence-corrected chi connectivity index (χ1v) is 9.65. The van der Waals surface area contributed by atoms with Crippen LogP contribution in [0.2, 0.25) is 5.02 Å². The maximum Gasteiger partial charge on any atom is 0.0486 e. The van der Waals surface area contributed by atoms with Crippen molar-refractivity contribution in [1.82, 2.24) is 9.88 Å². The van der Waals surface area contributed by atoms with E-state index in [1.807, 2.05) is 18.2 Å². The Morgan fingerprint density at radius 2 is 1.63 bits per heavy atom. The summed E-state index contributed by atoms with van der Waals surface area (Å²) in [5.41, 5.74) is 6.33. The Bertz CT molecular complexity index is 1060. The summed E-state index contributed by atoms with van der Waals surface area (Å²) in [6.45, 7) is 4.59. The molecule has 4 aromatic rings. The van der Waals surface area contributed by atoms with Gasteiger partial charge in [0.05, 0.1) is 0 Å². The van der Waals surface area contributed by atoms with Crippen LogP contribution in [0.4, 0.5) is 0 Å². The van der Waals surface area contributed by atoms with Crippen molar-refractivity contribution in [2.24, 2.45) is 0 Å². The second-order valence-corrected chi connectivity index (χ2v) is 7.39. The summed E-state index contributed by atoms with van der Waals surface area (Å²) >= 11 is 6.26. The number of fused-ring (bicyclic) bond motifs is 1. The van der Waals surface area contributed by atoms with Crippen LogP contribution in [0.15, 0.2) is 79.0 Å². The lowest BCUT2D eigenvalue weighted by molar-refractivity contribution is 0.692. The number of nitrogens with one attached hydrogen (secondary N) is 1. The van der Waals surface area contributed by atoms with Crippen molar-refractivity contribution < 1.29 is 0 Å². The number of nitrogens with zero attached hydrogens (tertiary/aromatic N) is 1. The van der Waals surface area contributed by atoms with E-state index in [4.69, 9.17) is 11.6 Å². The number of benzene rings is 3. The predicted octanol–water partition coefficient (Wildman–Crippen LogP) is 5.94. The van der Waals surface area contributed by atoms with Crippen LogP contribution in [0.5, 0.6) is 0 Å². The lowest BCUT2D eigenvalue weighted by Crippen LogP contribution is -2.12. The molecule has 0 aliphatic rings. The molecule has 1 aromatic heterocycles. The van der Waals surface area contributed by atoms with Gasteiger partial charge in [0.25, 0.3) is 0 Å². The molecule has 1 N–H and O–H groups in total. The molecule has 2 nitrogen and oxygen atoms in total. The van der Waals surface area contributed by atoms with Crippen LogP contribution >= 0.6 is 11.6 Å². The molecule has 0 bridgehead atoms. The Morgan fingerprint density at radius 1 is 0.852 bits per heavy atom. The van der Waals surface area contributed by atoms with E-state index in [2.05, 4.69) is 77.6 Å². The molecule has 1 heterocycles. The molecule has 0 saturated carbocycles. The van der Waals surface area contributed by atoms with Gasteiger partial charge in [-0.25, -0.2) is 0 Å². The normalized spacial score (nSPS) is 11.2. The molecule has 0 saturated heterocycles. The number of aromatic nitrogens is 1. The van der Waals surface area contributed by atoms with E-state index in [9.17, 15) is 0 Å². The molecule has 0 aliphatic carbocycles. The topological polar surface area (TPSA) is 17.0 Å². The number of rotatable bonds is 6. The summed E-state index contributed by atoms with van der Waals surface area (Å²) in [5, 5.41) is 5.65. The van der Waals surface area contributed by atoms with Gasteiger partial charge >= 0.3 is 0 Å². The monoisotopic (exact) mass is 374 g/mol. The van der Waals surface area contributed by atoms with Gasteiger partial charge in [0.15, 0.2) is 0 Å². The molecule has 3 aromatic carbocycles. The molecule has 3 heteroatoms. The third-order valence-corrected chi connectivity index (χ3v) is 5.26. The van der Waals surface area contributed by atoms with Crippen molar-refractivity contribution in [1.29, 1.82) is 0 Å². The smallest absolute Gasteiger partial charge is 0.0486 e. The number of aryl methyl sites for hydroxylation is 1. The first kappa shape index (κ1) is 17.8. The van der Waals surface area contributed by atoms with Gasteiger partial charge in [0.2, 0.25) is 0 Å². The molecule has 4 rings (SSSR count). The number of hydrogen-bond acceptors (Lipinski definition) is 1. The second-order valence-electron chi connectivity index (χ2n) is 6.98. The van der Waals surface area contributed by atoms with Gasteiger partial charge in [-0.15, -0.1) is 0 Å². The molecule has 0 spiro atoms. The van der Waals surface area contributed by atoms with Crippen molar-refractivity contribution in [3.63, 3.8) is 0 Å². The van der Waals surface area contributed by atoms with Gasteiger partial charge in [0.1, 0.15) is 0 Å². The molecular weight excluding hydrogens is 352 g/mol.